The molecule has 1 aromatic heterocycles. The molecule has 0 atom stereocenters. The molecule has 2 rings (SSSR count). The maximum Gasteiger partial charge on any atom is 0.420 e. The molecule has 6 heteroatoms. The lowest BCUT2D eigenvalue weighted by atomic mass is 10.0. The summed E-state index contributed by atoms with van der Waals surface area (Å²) in [6.45, 7) is 1.32. The lowest BCUT2D eigenvalue weighted by Gasteiger charge is -2.08. The minimum atomic E-state index is -4.46. The third kappa shape index (κ3) is 2.13. The third-order valence-corrected chi connectivity index (χ3v) is 2.55. The van der Waals surface area contributed by atoms with Gasteiger partial charge >= 0.3 is 6.18 Å². The standard InChI is InChI=1S/C12H9F3N2O/c1-7-10(12(13,14)15)11(17-16-7)9-4-2-8(6-18)3-5-9/h2-6H,1H3,(H,16,17). The highest BCUT2D eigenvalue weighted by molar-refractivity contribution is 5.77. The first-order valence-corrected chi connectivity index (χ1v) is 5.11. The number of nitrogens with zero attached hydrogens (tertiary/aromatic N) is 1. The van der Waals surface area contributed by atoms with Crippen LogP contribution in [0, 0.1) is 6.92 Å². The third-order valence-electron chi connectivity index (χ3n) is 2.55. The lowest BCUT2D eigenvalue weighted by molar-refractivity contribution is -0.137. The second-order valence-corrected chi connectivity index (χ2v) is 3.81. The van der Waals surface area contributed by atoms with E-state index >= 15 is 0 Å². The summed E-state index contributed by atoms with van der Waals surface area (Å²) in [4.78, 5) is 10.5. The molecule has 0 unspecified atom stereocenters. The molecule has 0 radical (unpaired) electrons. The van der Waals surface area contributed by atoms with Gasteiger partial charge in [0.25, 0.3) is 0 Å². The van der Waals surface area contributed by atoms with E-state index in [0.717, 1.165) is 0 Å². The Labute approximate surface area is 101 Å². The first-order chi connectivity index (χ1) is 8.43. The van der Waals surface area contributed by atoms with E-state index in [1.54, 1.807) is 0 Å². The predicted octanol–water partition coefficient (Wildman–Crippen LogP) is 3.22. The number of alkyl halides is 3. The van der Waals surface area contributed by atoms with Gasteiger partial charge in [-0.3, -0.25) is 9.89 Å². The fourth-order valence-corrected chi connectivity index (χ4v) is 1.70. The lowest BCUT2D eigenvalue weighted by Crippen LogP contribution is -2.07. The maximum absolute atomic E-state index is 12.9. The van der Waals surface area contributed by atoms with E-state index in [-0.39, 0.29) is 11.4 Å². The summed E-state index contributed by atoms with van der Waals surface area (Å²) in [5.41, 5.74) is -0.243. The molecule has 0 aliphatic rings. The zero-order valence-electron chi connectivity index (χ0n) is 9.38. The van der Waals surface area contributed by atoms with Gasteiger partial charge in [0.2, 0.25) is 0 Å². The highest BCUT2D eigenvalue weighted by Gasteiger charge is 2.37. The zero-order valence-corrected chi connectivity index (χ0v) is 9.38. The number of carbonyl (C=O) groups excluding carboxylic acids is 1. The summed E-state index contributed by atoms with van der Waals surface area (Å²) in [7, 11) is 0. The Hall–Kier alpha value is -2.11. The molecule has 0 saturated carbocycles. The van der Waals surface area contributed by atoms with Crippen molar-refractivity contribution < 1.29 is 18.0 Å². The molecule has 0 fully saturated rings. The molecule has 0 spiro atoms. The summed E-state index contributed by atoms with van der Waals surface area (Å²) in [5, 5.41) is 6.01. The van der Waals surface area contributed by atoms with Gasteiger partial charge in [0.05, 0.1) is 0 Å². The molecular weight excluding hydrogens is 245 g/mol. The molecule has 3 nitrogen and oxygen atoms in total. The summed E-state index contributed by atoms with van der Waals surface area (Å²) in [6, 6.07) is 5.78. The largest absolute Gasteiger partial charge is 0.420 e. The number of halogens is 3. The number of aromatic nitrogens is 2. The van der Waals surface area contributed by atoms with Crippen LogP contribution < -0.4 is 0 Å². The first-order valence-electron chi connectivity index (χ1n) is 5.11. The van der Waals surface area contributed by atoms with Crippen LogP contribution in [-0.4, -0.2) is 16.5 Å². The molecule has 0 bridgehead atoms. The van der Waals surface area contributed by atoms with Gasteiger partial charge in [-0.15, -0.1) is 0 Å². The van der Waals surface area contributed by atoms with Crippen molar-refractivity contribution in [3.8, 4) is 11.3 Å². The van der Waals surface area contributed by atoms with Crippen LogP contribution in [0.5, 0.6) is 0 Å². The molecule has 1 N–H and O–H groups in total. The van der Waals surface area contributed by atoms with Crippen LogP contribution in [0.1, 0.15) is 21.6 Å². The van der Waals surface area contributed by atoms with E-state index in [1.165, 1.54) is 31.2 Å². The Morgan fingerprint density at radius 3 is 2.33 bits per heavy atom. The van der Waals surface area contributed by atoms with Crippen LogP contribution in [0.25, 0.3) is 11.3 Å². The molecule has 0 saturated heterocycles. The van der Waals surface area contributed by atoms with Crippen molar-refractivity contribution in [3.05, 3.63) is 41.1 Å². The molecule has 94 valence electrons. The van der Waals surface area contributed by atoms with Crippen molar-refractivity contribution in [1.29, 1.82) is 0 Å². The zero-order chi connectivity index (χ0) is 13.3. The normalized spacial score (nSPS) is 11.6. The Kier molecular flexibility index (Phi) is 2.94. The van der Waals surface area contributed by atoms with Crippen molar-refractivity contribution in [2.24, 2.45) is 0 Å². The van der Waals surface area contributed by atoms with E-state index in [2.05, 4.69) is 10.2 Å². The highest BCUT2D eigenvalue weighted by atomic mass is 19.4. The summed E-state index contributed by atoms with van der Waals surface area (Å²) in [5.74, 6) is 0. The molecule has 1 aromatic carbocycles. The summed E-state index contributed by atoms with van der Waals surface area (Å²) >= 11 is 0. The number of hydrogen-bond acceptors (Lipinski definition) is 2. The Bertz CT molecular complexity index is 570. The van der Waals surface area contributed by atoms with Gasteiger partial charge in [-0.25, -0.2) is 0 Å². The van der Waals surface area contributed by atoms with Crippen LogP contribution in [0.3, 0.4) is 0 Å². The van der Waals surface area contributed by atoms with Crippen molar-refractivity contribution in [2.75, 3.05) is 0 Å². The summed E-state index contributed by atoms with van der Waals surface area (Å²) < 4.78 is 38.6. The van der Waals surface area contributed by atoms with Crippen LogP contribution in [0.2, 0.25) is 0 Å². The number of nitrogens with one attached hydrogen (secondary N) is 1. The number of aromatic amines is 1. The smallest absolute Gasteiger partial charge is 0.298 e. The van der Waals surface area contributed by atoms with Gasteiger partial charge < -0.3 is 0 Å². The molecule has 2 aromatic rings. The fraction of sp³-hybridized carbons (Fsp3) is 0.167. The van der Waals surface area contributed by atoms with Crippen LogP contribution >= 0.6 is 0 Å². The van der Waals surface area contributed by atoms with Crippen LogP contribution in [0.4, 0.5) is 13.2 Å². The number of aldehydes is 1. The van der Waals surface area contributed by atoms with Gasteiger partial charge in [-0.1, -0.05) is 24.3 Å². The second kappa shape index (κ2) is 4.29. The van der Waals surface area contributed by atoms with Gasteiger partial charge in [0.15, 0.2) is 0 Å². The quantitative estimate of drug-likeness (QED) is 0.836. The number of rotatable bonds is 2. The predicted molar refractivity (Wildman–Crippen MR) is 59.2 cm³/mol. The fourth-order valence-electron chi connectivity index (χ4n) is 1.70. The average Bonchev–Trinajstić information content (AvgIpc) is 2.71. The number of H-pyrrole nitrogens is 1. The first kappa shape index (κ1) is 12.3. The average molecular weight is 254 g/mol. The van der Waals surface area contributed by atoms with Crippen molar-refractivity contribution >= 4 is 6.29 Å². The van der Waals surface area contributed by atoms with Crippen molar-refractivity contribution in [3.63, 3.8) is 0 Å². The monoisotopic (exact) mass is 254 g/mol. The van der Waals surface area contributed by atoms with E-state index in [4.69, 9.17) is 0 Å². The van der Waals surface area contributed by atoms with Crippen molar-refractivity contribution in [2.45, 2.75) is 13.1 Å². The maximum atomic E-state index is 12.9. The molecule has 0 aliphatic heterocycles. The Morgan fingerprint density at radius 1 is 1.22 bits per heavy atom. The van der Waals surface area contributed by atoms with Gasteiger partial charge in [0.1, 0.15) is 17.5 Å². The minimum Gasteiger partial charge on any atom is -0.298 e. The van der Waals surface area contributed by atoms with Crippen LogP contribution in [0.15, 0.2) is 24.3 Å². The molecule has 0 aliphatic carbocycles. The number of hydrogen-bond donors (Lipinski definition) is 1. The number of benzene rings is 1. The van der Waals surface area contributed by atoms with Gasteiger partial charge in [-0.2, -0.15) is 18.3 Å². The Balaban J connectivity index is 2.54. The van der Waals surface area contributed by atoms with E-state index in [1.807, 2.05) is 0 Å². The Morgan fingerprint density at radius 2 is 1.83 bits per heavy atom. The topological polar surface area (TPSA) is 45.8 Å². The summed E-state index contributed by atoms with van der Waals surface area (Å²) in [6.07, 6.45) is -3.83. The minimum absolute atomic E-state index is 0.0306. The molecule has 1 heterocycles. The molecule has 18 heavy (non-hydrogen) atoms. The van der Waals surface area contributed by atoms with E-state index < -0.39 is 11.7 Å². The molecular formula is C12H9F3N2O. The SMILES string of the molecule is Cc1[nH]nc(-c2ccc(C=O)cc2)c1C(F)(F)F. The van der Waals surface area contributed by atoms with E-state index in [9.17, 15) is 18.0 Å². The van der Waals surface area contributed by atoms with E-state index in [0.29, 0.717) is 17.4 Å². The van der Waals surface area contributed by atoms with Crippen LogP contribution in [-0.2, 0) is 6.18 Å². The second-order valence-electron chi connectivity index (χ2n) is 3.81. The van der Waals surface area contributed by atoms with Gasteiger partial charge in [-0.05, 0) is 6.92 Å². The number of aryl methyl sites for hydroxylation is 1. The molecule has 0 amide bonds. The highest BCUT2D eigenvalue weighted by Crippen LogP contribution is 2.37. The number of carbonyl (C=O) groups is 1. The van der Waals surface area contributed by atoms with Gasteiger partial charge in [0, 0.05) is 16.8 Å². The van der Waals surface area contributed by atoms with Crippen molar-refractivity contribution in [1.82, 2.24) is 10.2 Å².